The quantitative estimate of drug-likeness (QED) is 0.528. The van der Waals surface area contributed by atoms with Gasteiger partial charge in [0.05, 0.1) is 27.1 Å². The molecule has 0 radical (unpaired) electrons. The number of alkyl halides is 3. The van der Waals surface area contributed by atoms with Crippen LogP contribution in [-0.4, -0.2) is 49.5 Å². The van der Waals surface area contributed by atoms with Crippen LogP contribution in [0.4, 0.5) is 19.0 Å². The van der Waals surface area contributed by atoms with Crippen LogP contribution in [0.1, 0.15) is 25.5 Å². The molecule has 0 aromatic carbocycles. The monoisotopic (exact) mass is 488 g/mol. The number of fused-ring (bicyclic) bond motifs is 1. The first-order valence-electron chi connectivity index (χ1n) is 9.63. The summed E-state index contributed by atoms with van der Waals surface area (Å²) in [7, 11) is -6.06. The third kappa shape index (κ3) is 3.94. The Morgan fingerprint density at radius 3 is 2.41 bits per heavy atom. The Balaban J connectivity index is 1.89. The van der Waals surface area contributed by atoms with E-state index in [0.717, 1.165) is 14.9 Å². The summed E-state index contributed by atoms with van der Waals surface area (Å²) in [4.78, 5) is 4.17. The molecule has 3 aromatic rings. The summed E-state index contributed by atoms with van der Waals surface area (Å²) in [6.45, 7) is 1.45. The van der Waals surface area contributed by atoms with Gasteiger partial charge in [-0.2, -0.15) is 18.3 Å². The van der Waals surface area contributed by atoms with Crippen LogP contribution in [0.15, 0.2) is 41.4 Å². The molecule has 0 atom stereocenters. The van der Waals surface area contributed by atoms with Gasteiger partial charge in [-0.05, 0) is 43.2 Å². The number of sulfone groups is 1. The molecule has 0 amide bonds. The number of aromatic nitrogens is 3. The van der Waals surface area contributed by atoms with E-state index in [2.05, 4.69) is 10.1 Å². The first-order valence-corrected chi connectivity index (χ1v) is 12.8. The van der Waals surface area contributed by atoms with Crippen LogP contribution in [0, 0.1) is 0 Å². The van der Waals surface area contributed by atoms with Gasteiger partial charge in [-0.3, -0.25) is 4.31 Å². The predicted octanol–water partition coefficient (Wildman–Crippen LogP) is 3.14. The molecule has 8 nitrogen and oxygen atoms in total. The van der Waals surface area contributed by atoms with E-state index in [9.17, 15) is 30.0 Å². The van der Waals surface area contributed by atoms with E-state index in [1.54, 1.807) is 0 Å². The van der Waals surface area contributed by atoms with Crippen LogP contribution < -0.4 is 4.31 Å². The summed E-state index contributed by atoms with van der Waals surface area (Å²) in [5.41, 5.74) is -0.828. The lowest BCUT2D eigenvalue weighted by molar-refractivity contribution is -0.141. The highest BCUT2D eigenvalue weighted by atomic mass is 32.2. The van der Waals surface area contributed by atoms with Gasteiger partial charge in [-0.1, -0.05) is 6.92 Å². The van der Waals surface area contributed by atoms with Gasteiger partial charge in [0.25, 0.3) is 0 Å². The van der Waals surface area contributed by atoms with Crippen molar-refractivity contribution in [1.29, 1.82) is 0 Å². The topological polar surface area (TPSA) is 102 Å². The predicted molar refractivity (Wildman–Crippen MR) is 111 cm³/mol. The molecule has 3 heterocycles. The molecule has 0 N–H and O–H groups in total. The molecule has 3 aromatic heterocycles. The molecule has 1 aliphatic carbocycles. The average molecular weight is 489 g/mol. The highest BCUT2D eigenvalue weighted by Crippen LogP contribution is 2.35. The van der Waals surface area contributed by atoms with E-state index < -0.39 is 37.0 Å². The minimum Gasteiger partial charge on any atom is -0.257 e. The second kappa shape index (κ2) is 7.44. The molecule has 0 saturated heterocycles. The third-order valence-corrected chi connectivity index (χ3v) is 9.26. The van der Waals surface area contributed by atoms with Crippen molar-refractivity contribution in [3.05, 3.63) is 42.2 Å². The highest BCUT2D eigenvalue weighted by molar-refractivity contribution is 7.93. The second-order valence-electron chi connectivity index (χ2n) is 7.44. The van der Waals surface area contributed by atoms with Crippen LogP contribution in [-0.2, 0) is 26.0 Å². The maximum absolute atomic E-state index is 13.0. The van der Waals surface area contributed by atoms with Crippen molar-refractivity contribution in [2.24, 2.45) is 0 Å². The number of hydrogen-bond acceptors (Lipinski definition) is 6. The lowest BCUT2D eigenvalue weighted by Gasteiger charge is -2.20. The van der Waals surface area contributed by atoms with Crippen molar-refractivity contribution < 1.29 is 30.0 Å². The van der Waals surface area contributed by atoms with Gasteiger partial charge in [-0.25, -0.2) is 26.3 Å². The van der Waals surface area contributed by atoms with Crippen LogP contribution in [0.5, 0.6) is 0 Å². The molecular weight excluding hydrogens is 469 g/mol. The van der Waals surface area contributed by atoms with E-state index in [0.29, 0.717) is 12.8 Å². The normalized spacial score (nSPS) is 15.3. The number of halogens is 3. The highest BCUT2D eigenvalue weighted by Gasteiger charge is 2.39. The van der Waals surface area contributed by atoms with Gasteiger partial charge >= 0.3 is 6.18 Å². The first kappa shape index (κ1) is 22.5. The maximum atomic E-state index is 13.0. The number of anilines is 1. The second-order valence-corrected chi connectivity index (χ2v) is 11.9. The standard InChI is InChI=1S/C19H19F3N4O4S2/c1-3-31(27,28)15-6-7-17(25(2)32(29,30)14-4-5-14)23-18(15)12-8-9-26-13(10-12)11-16(24-26)19(20,21)22/h6-11,14H,3-5H2,1-2H3. The van der Waals surface area contributed by atoms with Crippen LogP contribution in [0.3, 0.4) is 0 Å². The summed E-state index contributed by atoms with van der Waals surface area (Å²) in [6, 6.07) is 6.14. The number of nitrogens with zero attached hydrogens (tertiary/aromatic N) is 4. The van der Waals surface area contributed by atoms with E-state index in [1.807, 2.05) is 0 Å². The Morgan fingerprint density at radius 2 is 1.81 bits per heavy atom. The molecule has 0 unspecified atom stereocenters. The molecule has 0 bridgehead atoms. The van der Waals surface area contributed by atoms with Gasteiger partial charge in [0, 0.05) is 18.8 Å². The van der Waals surface area contributed by atoms with Gasteiger partial charge < -0.3 is 0 Å². The number of sulfonamides is 1. The summed E-state index contributed by atoms with van der Waals surface area (Å²) in [6.07, 6.45) is -2.29. The van der Waals surface area contributed by atoms with Crippen molar-refractivity contribution in [2.45, 2.75) is 36.1 Å². The number of rotatable bonds is 6. The lowest BCUT2D eigenvalue weighted by Crippen LogP contribution is -2.30. The van der Waals surface area contributed by atoms with Crippen LogP contribution >= 0.6 is 0 Å². The largest absolute Gasteiger partial charge is 0.435 e. The third-order valence-electron chi connectivity index (χ3n) is 5.24. The molecule has 172 valence electrons. The van der Waals surface area contributed by atoms with Gasteiger partial charge in [0.1, 0.15) is 5.82 Å². The summed E-state index contributed by atoms with van der Waals surface area (Å²) >= 11 is 0. The SMILES string of the molecule is CCS(=O)(=O)c1ccc(N(C)S(=O)(=O)C2CC2)nc1-c1ccn2nc(C(F)(F)F)cc2c1. The van der Waals surface area contributed by atoms with Crippen molar-refractivity contribution in [2.75, 3.05) is 17.1 Å². The number of pyridine rings is 2. The molecular formula is C19H19F3N4O4S2. The minimum absolute atomic E-state index is 0.0197. The van der Waals surface area contributed by atoms with Crippen molar-refractivity contribution in [3.63, 3.8) is 0 Å². The van der Waals surface area contributed by atoms with Gasteiger partial charge in [-0.15, -0.1) is 0 Å². The molecule has 1 fully saturated rings. The summed E-state index contributed by atoms with van der Waals surface area (Å²) < 4.78 is 91.6. The lowest BCUT2D eigenvalue weighted by atomic mass is 10.1. The molecule has 1 aliphatic rings. The van der Waals surface area contributed by atoms with Crippen LogP contribution in [0.2, 0.25) is 0 Å². The fourth-order valence-electron chi connectivity index (χ4n) is 3.22. The van der Waals surface area contributed by atoms with Crippen molar-refractivity contribution >= 4 is 31.2 Å². The molecule has 0 spiro atoms. The summed E-state index contributed by atoms with van der Waals surface area (Å²) in [5.74, 6) is -0.212. The van der Waals surface area contributed by atoms with E-state index in [-0.39, 0.29) is 33.2 Å². The first-order chi connectivity index (χ1) is 14.8. The molecule has 0 aliphatic heterocycles. The molecule has 13 heteroatoms. The Labute approximate surface area is 182 Å². The molecule has 1 saturated carbocycles. The van der Waals surface area contributed by atoms with Gasteiger partial charge in [0.15, 0.2) is 15.5 Å². The Bertz CT molecular complexity index is 1410. The Morgan fingerprint density at radius 1 is 1.12 bits per heavy atom. The van der Waals surface area contributed by atoms with E-state index >= 15 is 0 Å². The fourth-order valence-corrected chi connectivity index (χ4v) is 5.81. The zero-order chi connectivity index (χ0) is 23.5. The summed E-state index contributed by atoms with van der Waals surface area (Å²) in [5, 5.41) is 2.98. The smallest absolute Gasteiger partial charge is 0.257 e. The van der Waals surface area contributed by atoms with E-state index in [4.69, 9.17) is 0 Å². The maximum Gasteiger partial charge on any atom is 0.435 e. The number of hydrogen-bond donors (Lipinski definition) is 0. The molecule has 32 heavy (non-hydrogen) atoms. The van der Waals surface area contributed by atoms with Crippen molar-refractivity contribution in [1.82, 2.24) is 14.6 Å². The average Bonchev–Trinajstić information content (AvgIpc) is 3.51. The Hall–Kier alpha value is -2.67. The van der Waals surface area contributed by atoms with Gasteiger partial charge in [0.2, 0.25) is 10.0 Å². The fraction of sp³-hybridized carbons (Fsp3) is 0.368. The Kier molecular flexibility index (Phi) is 5.24. The zero-order valence-electron chi connectivity index (χ0n) is 17.0. The molecule has 4 rings (SSSR count). The van der Waals surface area contributed by atoms with Crippen molar-refractivity contribution in [3.8, 4) is 11.3 Å². The van der Waals surface area contributed by atoms with Crippen LogP contribution in [0.25, 0.3) is 16.8 Å². The van der Waals surface area contributed by atoms with E-state index in [1.165, 1.54) is 44.4 Å². The zero-order valence-corrected chi connectivity index (χ0v) is 18.7. The minimum atomic E-state index is -4.64.